The molecular formula is C17H23ClN2O2. The number of amides is 1. The molecule has 1 saturated heterocycles. The molecule has 1 aliphatic heterocycles. The summed E-state index contributed by atoms with van der Waals surface area (Å²) in [5.74, 6) is -0.0149. The Labute approximate surface area is 136 Å². The number of rotatable bonds is 3. The number of halogens is 1. The van der Waals surface area contributed by atoms with Crippen LogP contribution < -0.4 is 0 Å². The Balaban J connectivity index is 1.49. The summed E-state index contributed by atoms with van der Waals surface area (Å²) in [4.78, 5) is 16.7. The lowest BCUT2D eigenvalue weighted by Crippen LogP contribution is -2.50. The molecule has 2 fully saturated rings. The minimum absolute atomic E-state index is 0.149. The molecule has 3 rings (SSSR count). The fraction of sp³-hybridized carbons (Fsp3) is 0.588. The molecule has 2 aliphatic rings. The number of benzene rings is 1. The number of piperazine rings is 1. The highest BCUT2D eigenvalue weighted by molar-refractivity contribution is 6.30. The van der Waals surface area contributed by atoms with Crippen LogP contribution in [0.3, 0.4) is 0 Å². The third kappa shape index (κ3) is 3.62. The number of carbonyl (C=O) groups is 1. The maximum Gasteiger partial charge on any atom is 0.228 e. The van der Waals surface area contributed by atoms with Crippen LogP contribution in [0.4, 0.5) is 0 Å². The first-order valence-electron chi connectivity index (χ1n) is 8.07. The largest absolute Gasteiger partial charge is 0.392 e. The SMILES string of the molecule is O=C(C1CCCC1O)N1CCN(Cc2ccc(Cl)cc2)CC1. The molecule has 4 nitrogen and oxygen atoms in total. The summed E-state index contributed by atoms with van der Waals surface area (Å²) in [5, 5.41) is 10.6. The fourth-order valence-electron chi connectivity index (χ4n) is 3.44. The topological polar surface area (TPSA) is 43.8 Å². The van der Waals surface area contributed by atoms with Crippen LogP contribution in [0, 0.1) is 5.92 Å². The zero-order valence-corrected chi connectivity index (χ0v) is 13.5. The van der Waals surface area contributed by atoms with Crippen LogP contribution >= 0.6 is 11.6 Å². The van der Waals surface area contributed by atoms with Crippen LogP contribution in [0.5, 0.6) is 0 Å². The van der Waals surface area contributed by atoms with Gasteiger partial charge in [-0.15, -0.1) is 0 Å². The molecule has 22 heavy (non-hydrogen) atoms. The molecule has 5 heteroatoms. The highest BCUT2D eigenvalue weighted by Crippen LogP contribution is 2.27. The zero-order chi connectivity index (χ0) is 15.5. The van der Waals surface area contributed by atoms with Crippen LogP contribution in [0.1, 0.15) is 24.8 Å². The van der Waals surface area contributed by atoms with Gasteiger partial charge in [0, 0.05) is 37.7 Å². The lowest BCUT2D eigenvalue weighted by atomic mass is 10.0. The first-order chi connectivity index (χ1) is 10.6. The van der Waals surface area contributed by atoms with Gasteiger partial charge in [-0.25, -0.2) is 0 Å². The van der Waals surface area contributed by atoms with Crippen molar-refractivity contribution >= 4 is 17.5 Å². The average Bonchev–Trinajstić information content (AvgIpc) is 2.96. The Kier molecular flexibility index (Phi) is 5.01. The van der Waals surface area contributed by atoms with E-state index in [1.807, 2.05) is 17.0 Å². The van der Waals surface area contributed by atoms with E-state index in [-0.39, 0.29) is 11.8 Å². The first-order valence-corrected chi connectivity index (χ1v) is 8.45. The quantitative estimate of drug-likeness (QED) is 0.927. The summed E-state index contributed by atoms with van der Waals surface area (Å²) >= 11 is 5.90. The molecule has 1 heterocycles. The van der Waals surface area contributed by atoms with Crippen molar-refractivity contribution in [2.24, 2.45) is 5.92 Å². The molecule has 0 radical (unpaired) electrons. The van der Waals surface area contributed by atoms with Crippen LogP contribution in [-0.4, -0.2) is 53.1 Å². The summed E-state index contributed by atoms with van der Waals surface area (Å²) in [6, 6.07) is 7.93. The Morgan fingerprint density at radius 1 is 1.14 bits per heavy atom. The summed E-state index contributed by atoms with van der Waals surface area (Å²) in [5.41, 5.74) is 1.25. The maximum absolute atomic E-state index is 12.4. The van der Waals surface area contributed by atoms with Crippen LogP contribution in [-0.2, 0) is 11.3 Å². The van der Waals surface area contributed by atoms with E-state index in [2.05, 4.69) is 17.0 Å². The Hall–Kier alpha value is -1.10. The van der Waals surface area contributed by atoms with Gasteiger partial charge in [0.1, 0.15) is 0 Å². The first kappa shape index (κ1) is 15.8. The fourth-order valence-corrected chi connectivity index (χ4v) is 3.56. The van der Waals surface area contributed by atoms with Gasteiger partial charge < -0.3 is 10.0 Å². The third-order valence-corrected chi connectivity index (χ3v) is 5.05. The smallest absolute Gasteiger partial charge is 0.228 e. The van der Waals surface area contributed by atoms with Crippen LogP contribution in [0.2, 0.25) is 5.02 Å². The minimum atomic E-state index is -0.431. The van der Waals surface area contributed by atoms with Gasteiger partial charge in [-0.1, -0.05) is 23.7 Å². The summed E-state index contributed by atoms with van der Waals surface area (Å²) < 4.78 is 0. The van der Waals surface area contributed by atoms with E-state index in [1.165, 1.54) is 5.56 Å². The minimum Gasteiger partial charge on any atom is -0.392 e. The molecule has 0 spiro atoms. The molecule has 1 aromatic carbocycles. The van der Waals surface area contributed by atoms with Gasteiger partial charge in [0.25, 0.3) is 0 Å². The number of hydrogen-bond acceptors (Lipinski definition) is 3. The zero-order valence-electron chi connectivity index (χ0n) is 12.7. The average molecular weight is 323 g/mol. The van der Waals surface area contributed by atoms with E-state index in [0.717, 1.165) is 57.0 Å². The Bertz CT molecular complexity index is 512. The second kappa shape index (κ2) is 6.99. The van der Waals surface area contributed by atoms with E-state index in [1.54, 1.807) is 0 Å². The molecular weight excluding hydrogens is 300 g/mol. The molecule has 2 unspecified atom stereocenters. The summed E-state index contributed by atoms with van der Waals surface area (Å²) in [6.07, 6.45) is 2.14. The number of nitrogens with zero attached hydrogens (tertiary/aromatic N) is 2. The molecule has 0 bridgehead atoms. The van der Waals surface area contributed by atoms with Gasteiger partial charge in [-0.3, -0.25) is 9.69 Å². The van der Waals surface area contributed by atoms with Crippen molar-refractivity contribution in [1.82, 2.24) is 9.80 Å². The molecule has 1 saturated carbocycles. The standard InChI is InChI=1S/C17H23ClN2O2/c18-14-6-4-13(5-7-14)12-19-8-10-20(11-9-19)17(22)15-2-1-3-16(15)21/h4-7,15-16,21H,1-3,8-12H2. The second-order valence-corrected chi connectivity index (χ2v) is 6.77. The van der Waals surface area contributed by atoms with E-state index >= 15 is 0 Å². The van der Waals surface area contributed by atoms with Gasteiger partial charge >= 0.3 is 0 Å². The molecule has 1 aromatic rings. The van der Waals surface area contributed by atoms with E-state index in [4.69, 9.17) is 11.6 Å². The molecule has 120 valence electrons. The molecule has 1 N–H and O–H groups in total. The Morgan fingerprint density at radius 3 is 2.41 bits per heavy atom. The van der Waals surface area contributed by atoms with Gasteiger partial charge in [0.05, 0.1) is 12.0 Å². The molecule has 2 atom stereocenters. The predicted octanol–water partition coefficient (Wildman–Crippen LogP) is 2.15. The van der Waals surface area contributed by atoms with Gasteiger partial charge in [0.2, 0.25) is 5.91 Å². The summed E-state index contributed by atoms with van der Waals surface area (Å²) in [6.45, 7) is 4.19. The van der Waals surface area contributed by atoms with Gasteiger partial charge in [-0.05, 0) is 37.0 Å². The van der Waals surface area contributed by atoms with Crippen LogP contribution in [0.15, 0.2) is 24.3 Å². The van der Waals surface area contributed by atoms with Crippen molar-refractivity contribution in [1.29, 1.82) is 0 Å². The van der Waals surface area contributed by atoms with Crippen molar-refractivity contribution in [3.05, 3.63) is 34.9 Å². The van der Waals surface area contributed by atoms with Gasteiger partial charge in [-0.2, -0.15) is 0 Å². The van der Waals surface area contributed by atoms with Crippen molar-refractivity contribution < 1.29 is 9.90 Å². The van der Waals surface area contributed by atoms with E-state index in [0.29, 0.717) is 0 Å². The number of hydrogen-bond donors (Lipinski definition) is 1. The monoisotopic (exact) mass is 322 g/mol. The van der Waals surface area contributed by atoms with E-state index < -0.39 is 6.10 Å². The van der Waals surface area contributed by atoms with Crippen LogP contribution in [0.25, 0.3) is 0 Å². The molecule has 1 amide bonds. The molecule has 0 aromatic heterocycles. The number of aliphatic hydroxyl groups is 1. The normalized spacial score (nSPS) is 26.4. The lowest BCUT2D eigenvalue weighted by molar-refractivity contribution is -0.140. The van der Waals surface area contributed by atoms with Gasteiger partial charge in [0.15, 0.2) is 0 Å². The Morgan fingerprint density at radius 2 is 1.82 bits per heavy atom. The number of carbonyl (C=O) groups excluding carboxylic acids is 1. The highest BCUT2D eigenvalue weighted by atomic mass is 35.5. The van der Waals surface area contributed by atoms with Crippen molar-refractivity contribution in [2.75, 3.05) is 26.2 Å². The lowest BCUT2D eigenvalue weighted by Gasteiger charge is -2.36. The van der Waals surface area contributed by atoms with Crippen molar-refractivity contribution in [2.45, 2.75) is 31.9 Å². The summed E-state index contributed by atoms with van der Waals surface area (Å²) in [7, 11) is 0. The third-order valence-electron chi connectivity index (χ3n) is 4.80. The highest BCUT2D eigenvalue weighted by Gasteiger charge is 2.35. The maximum atomic E-state index is 12.4. The predicted molar refractivity (Wildman–Crippen MR) is 86.7 cm³/mol. The van der Waals surface area contributed by atoms with Crippen molar-refractivity contribution in [3.63, 3.8) is 0 Å². The van der Waals surface area contributed by atoms with E-state index in [9.17, 15) is 9.90 Å². The number of aliphatic hydroxyl groups excluding tert-OH is 1. The second-order valence-electron chi connectivity index (χ2n) is 6.33. The van der Waals surface area contributed by atoms with Crippen molar-refractivity contribution in [3.8, 4) is 0 Å². The molecule has 1 aliphatic carbocycles.